The monoisotopic (exact) mass is 444 g/mol. The molecule has 1 atom stereocenters. The quantitative estimate of drug-likeness (QED) is 0.481. The van der Waals surface area contributed by atoms with Gasteiger partial charge in [0, 0.05) is 23.7 Å². The van der Waals surface area contributed by atoms with Crippen LogP contribution in [0.2, 0.25) is 0 Å². The van der Waals surface area contributed by atoms with Crippen molar-refractivity contribution >= 4 is 11.8 Å². The molecule has 1 heterocycles. The maximum atomic E-state index is 13.6. The molecular formula is C25H21FN4O3. The van der Waals surface area contributed by atoms with Crippen LogP contribution in [-0.4, -0.2) is 34.0 Å². The van der Waals surface area contributed by atoms with E-state index in [1.54, 1.807) is 30.3 Å². The number of benzene rings is 3. The van der Waals surface area contributed by atoms with E-state index in [9.17, 15) is 14.0 Å². The number of hydrogen-bond acceptors (Lipinski definition) is 5. The molecule has 0 saturated heterocycles. The maximum Gasteiger partial charge on any atom is 0.254 e. The highest BCUT2D eigenvalue weighted by atomic mass is 19.1. The molecule has 0 saturated carbocycles. The van der Waals surface area contributed by atoms with Gasteiger partial charge in [-0.05, 0) is 61.0 Å². The van der Waals surface area contributed by atoms with Crippen molar-refractivity contribution in [3.63, 3.8) is 0 Å². The molecule has 0 aliphatic rings. The van der Waals surface area contributed by atoms with Crippen LogP contribution < -0.4 is 5.73 Å². The average Bonchev–Trinajstić information content (AvgIpc) is 3.29. The highest BCUT2D eigenvalue weighted by molar-refractivity contribution is 5.97. The molecule has 0 spiro atoms. The van der Waals surface area contributed by atoms with Gasteiger partial charge in [-0.25, -0.2) is 4.39 Å². The fourth-order valence-electron chi connectivity index (χ4n) is 3.57. The number of hydrogen-bond donors (Lipinski definition) is 1. The average molecular weight is 444 g/mol. The summed E-state index contributed by atoms with van der Waals surface area (Å²) in [5.74, 6) is -1.02. The molecule has 2 N–H and O–H groups in total. The smallest absolute Gasteiger partial charge is 0.254 e. The lowest BCUT2D eigenvalue weighted by Crippen LogP contribution is -2.39. The van der Waals surface area contributed by atoms with Crippen LogP contribution in [0.3, 0.4) is 0 Å². The first-order chi connectivity index (χ1) is 15.8. The lowest BCUT2D eigenvalue weighted by Gasteiger charge is -2.26. The molecule has 1 unspecified atom stereocenters. The first-order valence-electron chi connectivity index (χ1n) is 10.2. The molecule has 3 aromatic carbocycles. The number of halogens is 1. The molecule has 33 heavy (non-hydrogen) atoms. The van der Waals surface area contributed by atoms with Gasteiger partial charge in [0.05, 0.1) is 0 Å². The van der Waals surface area contributed by atoms with Crippen LogP contribution in [0.25, 0.3) is 22.9 Å². The van der Waals surface area contributed by atoms with Crippen molar-refractivity contribution < 1.29 is 18.4 Å². The van der Waals surface area contributed by atoms with Crippen LogP contribution in [0, 0.1) is 12.7 Å². The third-order valence-electron chi connectivity index (χ3n) is 5.21. The Morgan fingerprint density at radius 3 is 2.24 bits per heavy atom. The molecule has 0 bridgehead atoms. The van der Waals surface area contributed by atoms with Crippen molar-refractivity contribution in [1.82, 2.24) is 15.1 Å². The summed E-state index contributed by atoms with van der Waals surface area (Å²) in [4.78, 5) is 26.2. The largest absolute Gasteiger partial charge is 0.416 e. The number of aromatic nitrogens is 2. The highest BCUT2D eigenvalue weighted by Crippen LogP contribution is 2.26. The predicted molar refractivity (Wildman–Crippen MR) is 120 cm³/mol. The summed E-state index contributed by atoms with van der Waals surface area (Å²) in [6.07, 6.45) is 0. The number of nitrogens with two attached hydrogens (primary N) is 1. The lowest BCUT2D eigenvalue weighted by atomic mass is 10.0. The van der Waals surface area contributed by atoms with Gasteiger partial charge in [0.2, 0.25) is 17.7 Å². The van der Waals surface area contributed by atoms with Gasteiger partial charge in [-0.15, -0.1) is 10.2 Å². The number of aryl methyl sites for hydroxylation is 1. The number of carbonyl (C=O) groups is 2. The maximum absolute atomic E-state index is 13.6. The second kappa shape index (κ2) is 9.04. The first-order valence-corrected chi connectivity index (χ1v) is 10.2. The predicted octanol–water partition coefficient (Wildman–Crippen LogP) is 4.15. The Balaban J connectivity index is 1.55. The summed E-state index contributed by atoms with van der Waals surface area (Å²) >= 11 is 0. The third kappa shape index (κ3) is 4.64. The molecule has 0 fully saturated rings. The van der Waals surface area contributed by atoms with E-state index in [2.05, 4.69) is 10.2 Å². The van der Waals surface area contributed by atoms with Crippen LogP contribution in [0.4, 0.5) is 4.39 Å². The second-order valence-corrected chi connectivity index (χ2v) is 7.64. The molecule has 2 amide bonds. The van der Waals surface area contributed by atoms with Crippen molar-refractivity contribution in [2.45, 2.75) is 13.0 Å². The molecule has 0 aliphatic carbocycles. The lowest BCUT2D eigenvalue weighted by molar-refractivity contribution is -0.122. The molecule has 0 aliphatic heterocycles. The number of carbonyl (C=O) groups excluding carboxylic acids is 2. The van der Waals surface area contributed by atoms with Gasteiger partial charge in [-0.3, -0.25) is 9.59 Å². The van der Waals surface area contributed by atoms with Gasteiger partial charge < -0.3 is 15.1 Å². The van der Waals surface area contributed by atoms with Crippen LogP contribution in [0.5, 0.6) is 0 Å². The van der Waals surface area contributed by atoms with Crippen molar-refractivity contribution in [2.24, 2.45) is 5.73 Å². The molecule has 8 heteroatoms. The molecule has 0 radical (unpaired) electrons. The van der Waals surface area contributed by atoms with E-state index in [-0.39, 0.29) is 0 Å². The van der Waals surface area contributed by atoms with Crippen molar-refractivity contribution in [3.05, 3.63) is 95.3 Å². The van der Waals surface area contributed by atoms with E-state index in [4.69, 9.17) is 10.2 Å². The number of amides is 2. The van der Waals surface area contributed by atoms with E-state index in [1.165, 1.54) is 30.1 Å². The Hall–Kier alpha value is -4.33. The van der Waals surface area contributed by atoms with E-state index < -0.39 is 23.7 Å². The van der Waals surface area contributed by atoms with Gasteiger partial charge in [0.15, 0.2) is 0 Å². The highest BCUT2D eigenvalue weighted by Gasteiger charge is 2.28. The molecule has 4 aromatic rings. The summed E-state index contributed by atoms with van der Waals surface area (Å²) in [7, 11) is 1.45. The molecule has 4 rings (SSSR count). The number of primary amides is 1. The number of nitrogens with zero attached hydrogens (tertiary/aromatic N) is 3. The van der Waals surface area contributed by atoms with E-state index >= 15 is 0 Å². The summed E-state index contributed by atoms with van der Waals surface area (Å²) in [5, 5.41) is 8.19. The van der Waals surface area contributed by atoms with Crippen LogP contribution in [-0.2, 0) is 4.79 Å². The number of rotatable bonds is 6. The van der Waals surface area contributed by atoms with Crippen LogP contribution in [0.1, 0.15) is 27.5 Å². The summed E-state index contributed by atoms with van der Waals surface area (Å²) < 4.78 is 19.4. The molecule has 7 nitrogen and oxygen atoms in total. The minimum atomic E-state index is -1.11. The molecule has 1 aromatic heterocycles. The van der Waals surface area contributed by atoms with E-state index in [0.717, 1.165) is 11.1 Å². The van der Waals surface area contributed by atoms with Gasteiger partial charge >= 0.3 is 0 Å². The van der Waals surface area contributed by atoms with E-state index in [0.29, 0.717) is 28.5 Å². The Bertz CT molecular complexity index is 1320. The minimum Gasteiger partial charge on any atom is -0.416 e. The Labute approximate surface area is 189 Å². The Morgan fingerprint density at radius 1 is 0.939 bits per heavy atom. The van der Waals surface area contributed by atoms with Crippen molar-refractivity contribution in [2.75, 3.05) is 7.05 Å². The fraction of sp³-hybridized carbons (Fsp3) is 0.120. The SMILES string of the molecule is Cc1cccc(-c2nnc(-c3ccc(C(=O)N(C)C(C(N)=O)c4cccc(F)c4)cc3)o2)c1. The summed E-state index contributed by atoms with van der Waals surface area (Å²) in [6.45, 7) is 1.98. The van der Waals surface area contributed by atoms with Crippen molar-refractivity contribution in [1.29, 1.82) is 0 Å². The Morgan fingerprint density at radius 2 is 1.61 bits per heavy atom. The van der Waals surface area contributed by atoms with Gasteiger partial charge in [0.1, 0.15) is 11.9 Å². The molecular weight excluding hydrogens is 423 g/mol. The van der Waals surface area contributed by atoms with Gasteiger partial charge in [-0.1, -0.05) is 29.8 Å². The molecule has 166 valence electrons. The fourth-order valence-corrected chi connectivity index (χ4v) is 3.57. The summed E-state index contributed by atoms with van der Waals surface area (Å²) in [6, 6.07) is 18.6. The first kappa shape index (κ1) is 21.9. The van der Waals surface area contributed by atoms with Crippen LogP contribution >= 0.6 is 0 Å². The zero-order valence-corrected chi connectivity index (χ0v) is 18.0. The zero-order chi connectivity index (χ0) is 23.5. The zero-order valence-electron chi connectivity index (χ0n) is 18.0. The third-order valence-corrected chi connectivity index (χ3v) is 5.21. The van der Waals surface area contributed by atoms with Gasteiger partial charge in [0.25, 0.3) is 5.91 Å². The van der Waals surface area contributed by atoms with Crippen molar-refractivity contribution in [3.8, 4) is 22.9 Å². The second-order valence-electron chi connectivity index (χ2n) is 7.64. The summed E-state index contributed by atoms with van der Waals surface area (Å²) in [5.41, 5.74) is 8.66. The van der Waals surface area contributed by atoms with Crippen LogP contribution in [0.15, 0.2) is 77.2 Å². The topological polar surface area (TPSA) is 102 Å². The van der Waals surface area contributed by atoms with E-state index in [1.807, 2.05) is 31.2 Å². The normalized spacial score (nSPS) is 11.7. The number of likely N-dealkylation sites (N-methyl/N-ethyl adjacent to an activating group) is 1. The van der Waals surface area contributed by atoms with Gasteiger partial charge in [-0.2, -0.15) is 0 Å². The standard InChI is InChI=1S/C25H21FN4O3/c1-15-5-3-7-19(13-15)24-29-28-23(33-24)16-9-11-17(12-10-16)25(32)30(2)21(22(27)31)18-6-4-8-20(26)14-18/h3-14,21H,1-2H3,(H2,27,31). The minimum absolute atomic E-state index is 0.296. The Kier molecular flexibility index (Phi) is 5.99.